The monoisotopic (exact) mass is 197 g/mol. The van der Waals surface area contributed by atoms with Gasteiger partial charge in [-0.3, -0.25) is 0 Å². The molecule has 0 heterocycles. The van der Waals surface area contributed by atoms with Gasteiger partial charge in [-0.1, -0.05) is 12.2 Å². The summed E-state index contributed by atoms with van der Waals surface area (Å²) in [5.74, 6) is 1.66. The number of hydrogen-bond acceptors (Lipinski definition) is 2. The second kappa shape index (κ2) is 7.02. The Balaban J connectivity index is 2.14. The van der Waals surface area contributed by atoms with Crippen molar-refractivity contribution in [3.63, 3.8) is 0 Å². The number of hydrogen-bond donors (Lipinski definition) is 2. The standard InChI is InChI=1S/C12H23NO/c1-13-9-8-12-6-4-11(5-7-12)3-2-10-14/h2-3,11-14H,4-10H2,1H3/b3-2+. The first-order valence-electron chi connectivity index (χ1n) is 5.79. The van der Waals surface area contributed by atoms with E-state index in [1.807, 2.05) is 13.1 Å². The zero-order valence-corrected chi connectivity index (χ0v) is 9.21. The van der Waals surface area contributed by atoms with Gasteiger partial charge >= 0.3 is 0 Å². The number of allylic oxidation sites excluding steroid dienone is 1. The van der Waals surface area contributed by atoms with Crippen LogP contribution in [0.25, 0.3) is 0 Å². The molecule has 1 rings (SSSR count). The fourth-order valence-corrected chi connectivity index (χ4v) is 2.27. The highest BCUT2D eigenvalue weighted by Gasteiger charge is 2.18. The van der Waals surface area contributed by atoms with Crippen molar-refractivity contribution in [3.05, 3.63) is 12.2 Å². The van der Waals surface area contributed by atoms with Crippen LogP contribution < -0.4 is 5.32 Å². The smallest absolute Gasteiger partial charge is 0.0612 e. The first-order chi connectivity index (χ1) is 6.86. The first-order valence-corrected chi connectivity index (χ1v) is 5.79. The lowest BCUT2D eigenvalue weighted by Gasteiger charge is -2.26. The Kier molecular flexibility index (Phi) is 5.88. The van der Waals surface area contributed by atoms with Gasteiger partial charge < -0.3 is 10.4 Å². The molecule has 0 aromatic rings. The van der Waals surface area contributed by atoms with E-state index in [4.69, 9.17) is 5.11 Å². The van der Waals surface area contributed by atoms with Crippen LogP contribution >= 0.6 is 0 Å². The zero-order chi connectivity index (χ0) is 10.2. The van der Waals surface area contributed by atoms with Gasteiger partial charge in [0.25, 0.3) is 0 Å². The van der Waals surface area contributed by atoms with E-state index in [0.717, 1.165) is 18.4 Å². The SMILES string of the molecule is CNCCC1CCC(/C=C/CO)CC1. The minimum absolute atomic E-state index is 0.194. The Morgan fingerprint density at radius 2 is 2.00 bits per heavy atom. The maximum atomic E-state index is 8.67. The van der Waals surface area contributed by atoms with Crippen molar-refractivity contribution in [2.45, 2.75) is 32.1 Å². The predicted octanol–water partition coefficient (Wildman–Crippen LogP) is 1.95. The van der Waals surface area contributed by atoms with Crippen molar-refractivity contribution < 1.29 is 5.11 Å². The largest absolute Gasteiger partial charge is 0.392 e. The lowest BCUT2D eigenvalue weighted by atomic mass is 9.80. The van der Waals surface area contributed by atoms with E-state index in [0.29, 0.717) is 0 Å². The number of aliphatic hydroxyl groups is 1. The van der Waals surface area contributed by atoms with Crippen LogP contribution in [0.2, 0.25) is 0 Å². The minimum Gasteiger partial charge on any atom is -0.392 e. The summed E-state index contributed by atoms with van der Waals surface area (Å²) < 4.78 is 0. The van der Waals surface area contributed by atoms with Crippen LogP contribution in [0.1, 0.15) is 32.1 Å². The van der Waals surface area contributed by atoms with Crippen LogP contribution in [0.3, 0.4) is 0 Å². The van der Waals surface area contributed by atoms with Crippen molar-refractivity contribution in [2.24, 2.45) is 11.8 Å². The lowest BCUT2D eigenvalue weighted by Crippen LogP contribution is -2.18. The van der Waals surface area contributed by atoms with Crippen molar-refractivity contribution in [2.75, 3.05) is 20.2 Å². The van der Waals surface area contributed by atoms with E-state index >= 15 is 0 Å². The fraction of sp³-hybridized carbons (Fsp3) is 0.833. The highest BCUT2D eigenvalue weighted by atomic mass is 16.2. The predicted molar refractivity (Wildman–Crippen MR) is 60.2 cm³/mol. The normalized spacial score (nSPS) is 28.4. The van der Waals surface area contributed by atoms with E-state index in [2.05, 4.69) is 11.4 Å². The second-order valence-corrected chi connectivity index (χ2v) is 4.28. The number of nitrogens with one attached hydrogen (secondary N) is 1. The topological polar surface area (TPSA) is 32.3 Å². The molecule has 1 saturated carbocycles. The summed E-state index contributed by atoms with van der Waals surface area (Å²) in [7, 11) is 2.02. The molecule has 2 heteroatoms. The Morgan fingerprint density at radius 1 is 1.29 bits per heavy atom. The fourth-order valence-electron chi connectivity index (χ4n) is 2.27. The third-order valence-electron chi connectivity index (χ3n) is 3.21. The molecule has 82 valence electrons. The molecule has 0 bridgehead atoms. The van der Waals surface area contributed by atoms with Crippen LogP contribution in [-0.4, -0.2) is 25.3 Å². The van der Waals surface area contributed by atoms with E-state index in [9.17, 15) is 0 Å². The van der Waals surface area contributed by atoms with Crippen LogP contribution in [-0.2, 0) is 0 Å². The summed E-state index contributed by atoms with van der Waals surface area (Å²) in [6, 6.07) is 0. The molecule has 0 aromatic carbocycles. The molecule has 1 fully saturated rings. The highest BCUT2D eigenvalue weighted by Crippen LogP contribution is 2.31. The summed E-state index contributed by atoms with van der Waals surface area (Å²) in [6.45, 7) is 1.35. The van der Waals surface area contributed by atoms with Crippen LogP contribution in [0.4, 0.5) is 0 Å². The quantitative estimate of drug-likeness (QED) is 0.660. The van der Waals surface area contributed by atoms with E-state index < -0.39 is 0 Å². The van der Waals surface area contributed by atoms with Gasteiger partial charge in [0.05, 0.1) is 6.61 Å². The van der Waals surface area contributed by atoms with Gasteiger partial charge in [-0.2, -0.15) is 0 Å². The number of rotatable bonds is 5. The summed E-state index contributed by atoms with van der Waals surface area (Å²) in [5, 5.41) is 11.9. The minimum atomic E-state index is 0.194. The molecule has 0 aliphatic heterocycles. The summed E-state index contributed by atoms with van der Waals surface area (Å²) >= 11 is 0. The molecule has 2 nitrogen and oxygen atoms in total. The van der Waals surface area contributed by atoms with Gasteiger partial charge in [0.15, 0.2) is 0 Å². The summed E-state index contributed by atoms with van der Waals surface area (Å²) in [4.78, 5) is 0. The van der Waals surface area contributed by atoms with Gasteiger partial charge in [-0.25, -0.2) is 0 Å². The van der Waals surface area contributed by atoms with E-state index in [-0.39, 0.29) is 6.61 Å². The van der Waals surface area contributed by atoms with E-state index in [1.54, 1.807) is 0 Å². The van der Waals surface area contributed by atoms with Crippen molar-refractivity contribution in [1.82, 2.24) is 5.32 Å². The summed E-state index contributed by atoms with van der Waals surface area (Å²) in [6.07, 6.45) is 10.7. The number of aliphatic hydroxyl groups excluding tert-OH is 1. The van der Waals surface area contributed by atoms with Gasteiger partial charge in [-0.05, 0) is 57.5 Å². The molecular weight excluding hydrogens is 174 g/mol. The third-order valence-corrected chi connectivity index (χ3v) is 3.21. The molecule has 0 unspecified atom stereocenters. The first kappa shape index (κ1) is 11.7. The molecule has 0 spiro atoms. The van der Waals surface area contributed by atoms with Gasteiger partial charge in [0, 0.05) is 0 Å². The van der Waals surface area contributed by atoms with Crippen LogP contribution in [0, 0.1) is 11.8 Å². The van der Waals surface area contributed by atoms with Crippen molar-refractivity contribution in [3.8, 4) is 0 Å². The van der Waals surface area contributed by atoms with Crippen molar-refractivity contribution >= 4 is 0 Å². The molecule has 1 aliphatic carbocycles. The Bertz CT molecular complexity index is 160. The maximum Gasteiger partial charge on any atom is 0.0612 e. The maximum absolute atomic E-state index is 8.67. The second-order valence-electron chi connectivity index (χ2n) is 4.28. The van der Waals surface area contributed by atoms with Crippen LogP contribution in [0.5, 0.6) is 0 Å². The molecule has 0 radical (unpaired) electrons. The molecular formula is C12H23NO. The molecule has 0 amide bonds. The van der Waals surface area contributed by atoms with Gasteiger partial charge in [-0.15, -0.1) is 0 Å². The molecule has 0 saturated heterocycles. The molecule has 2 N–H and O–H groups in total. The Morgan fingerprint density at radius 3 is 2.57 bits per heavy atom. The lowest BCUT2D eigenvalue weighted by molar-refractivity contribution is 0.292. The molecule has 14 heavy (non-hydrogen) atoms. The molecule has 1 aliphatic rings. The Hall–Kier alpha value is -0.340. The molecule has 0 aromatic heterocycles. The average molecular weight is 197 g/mol. The molecule has 0 atom stereocenters. The van der Waals surface area contributed by atoms with Crippen molar-refractivity contribution in [1.29, 1.82) is 0 Å². The third kappa shape index (κ3) is 4.25. The van der Waals surface area contributed by atoms with Crippen LogP contribution in [0.15, 0.2) is 12.2 Å². The zero-order valence-electron chi connectivity index (χ0n) is 9.21. The summed E-state index contributed by atoms with van der Waals surface area (Å²) in [5.41, 5.74) is 0. The highest BCUT2D eigenvalue weighted by molar-refractivity contribution is 4.90. The Labute approximate surface area is 87.4 Å². The van der Waals surface area contributed by atoms with Gasteiger partial charge in [0.2, 0.25) is 0 Å². The van der Waals surface area contributed by atoms with E-state index in [1.165, 1.54) is 32.1 Å². The average Bonchev–Trinajstić information content (AvgIpc) is 2.25. The van der Waals surface area contributed by atoms with Gasteiger partial charge in [0.1, 0.15) is 0 Å².